The zero-order valence-electron chi connectivity index (χ0n) is 27.3. The van der Waals surface area contributed by atoms with Crippen molar-refractivity contribution >= 4 is 40.7 Å². The highest BCUT2D eigenvalue weighted by atomic mass is 35.5. The topological polar surface area (TPSA) is 79.4 Å². The molecule has 9 heteroatoms. The van der Waals surface area contributed by atoms with Crippen LogP contribution in [0.1, 0.15) is 55.1 Å². The van der Waals surface area contributed by atoms with Crippen LogP contribution in [0.25, 0.3) is 0 Å². The number of piperidine rings is 1. The standard InChI is InChI=1S/C39H40ClN3O5/c1-27-24-37(43(28(2)44)32-16-14-31(40)15-17-32)35-10-6-7-11-36(35)42(27)39(46)30-12-18-34(19-13-30)47-25-29-20-22-41(23-21-29)38(45)26-48-33-8-4-3-5-9-33/h3-19,27,29,37H,20-26H2,1-2H3/t27-,37+/m0/s1. The molecule has 0 saturated carbocycles. The maximum atomic E-state index is 14.0. The maximum absolute atomic E-state index is 14.0. The molecule has 2 heterocycles. The quantitative estimate of drug-likeness (QED) is 0.184. The second kappa shape index (κ2) is 14.9. The van der Waals surface area contributed by atoms with Crippen LogP contribution in [0.15, 0.2) is 103 Å². The summed E-state index contributed by atoms with van der Waals surface area (Å²) >= 11 is 6.13. The largest absolute Gasteiger partial charge is 0.493 e. The number of amides is 3. The monoisotopic (exact) mass is 665 g/mol. The van der Waals surface area contributed by atoms with Gasteiger partial charge < -0.3 is 24.2 Å². The van der Waals surface area contributed by atoms with E-state index in [9.17, 15) is 14.4 Å². The van der Waals surface area contributed by atoms with Crippen molar-refractivity contribution in [3.8, 4) is 11.5 Å². The third-order valence-electron chi connectivity index (χ3n) is 9.19. The average molecular weight is 666 g/mol. The van der Waals surface area contributed by atoms with E-state index >= 15 is 0 Å². The summed E-state index contributed by atoms with van der Waals surface area (Å²) in [6.07, 6.45) is 2.30. The van der Waals surface area contributed by atoms with Gasteiger partial charge in [-0.3, -0.25) is 14.4 Å². The summed E-state index contributed by atoms with van der Waals surface area (Å²) < 4.78 is 11.7. The number of fused-ring (bicyclic) bond motifs is 1. The fourth-order valence-corrected chi connectivity index (χ4v) is 6.79. The zero-order valence-corrected chi connectivity index (χ0v) is 28.0. The number of halogens is 1. The van der Waals surface area contributed by atoms with Crippen molar-refractivity contribution in [2.24, 2.45) is 5.92 Å². The van der Waals surface area contributed by atoms with Crippen molar-refractivity contribution < 1.29 is 23.9 Å². The van der Waals surface area contributed by atoms with Crippen molar-refractivity contribution in [3.05, 3.63) is 119 Å². The van der Waals surface area contributed by atoms with Gasteiger partial charge >= 0.3 is 0 Å². The number of ether oxygens (including phenoxy) is 2. The lowest BCUT2D eigenvalue weighted by molar-refractivity contribution is -0.134. The van der Waals surface area contributed by atoms with Crippen molar-refractivity contribution in [1.29, 1.82) is 0 Å². The highest BCUT2D eigenvalue weighted by Gasteiger charge is 2.38. The molecule has 8 nitrogen and oxygen atoms in total. The number of rotatable bonds is 9. The number of para-hydroxylation sites is 2. The van der Waals surface area contributed by atoms with Crippen LogP contribution in [0, 0.1) is 5.92 Å². The lowest BCUT2D eigenvalue weighted by Crippen LogP contribution is -2.47. The molecule has 1 saturated heterocycles. The highest BCUT2D eigenvalue weighted by Crippen LogP contribution is 2.43. The number of likely N-dealkylation sites (tertiary alicyclic amines) is 1. The van der Waals surface area contributed by atoms with E-state index in [1.165, 1.54) is 0 Å². The van der Waals surface area contributed by atoms with Gasteiger partial charge in [-0.2, -0.15) is 0 Å². The predicted molar refractivity (Wildman–Crippen MR) is 188 cm³/mol. The summed E-state index contributed by atoms with van der Waals surface area (Å²) in [7, 11) is 0. The number of nitrogens with zero attached hydrogens (tertiary/aromatic N) is 3. The van der Waals surface area contributed by atoms with Gasteiger partial charge in [0, 0.05) is 48.0 Å². The molecule has 48 heavy (non-hydrogen) atoms. The molecule has 4 aromatic carbocycles. The minimum atomic E-state index is -0.234. The number of benzene rings is 4. The van der Waals surface area contributed by atoms with Gasteiger partial charge in [0.1, 0.15) is 11.5 Å². The van der Waals surface area contributed by atoms with Crippen LogP contribution in [-0.4, -0.2) is 55.0 Å². The third-order valence-corrected chi connectivity index (χ3v) is 9.45. The fourth-order valence-electron chi connectivity index (χ4n) is 6.67. The van der Waals surface area contributed by atoms with Crippen LogP contribution in [-0.2, 0) is 9.59 Å². The molecule has 0 bridgehead atoms. The molecule has 2 aliphatic rings. The van der Waals surface area contributed by atoms with Gasteiger partial charge in [-0.15, -0.1) is 0 Å². The molecule has 0 aliphatic carbocycles. The van der Waals surface area contributed by atoms with Gasteiger partial charge in [-0.05, 0) is 104 Å². The normalized spacial score (nSPS) is 17.7. The number of carbonyl (C=O) groups excluding carboxylic acids is 3. The molecule has 0 unspecified atom stereocenters. The van der Waals surface area contributed by atoms with Crippen LogP contribution >= 0.6 is 11.6 Å². The first-order chi connectivity index (χ1) is 23.3. The Kier molecular flexibility index (Phi) is 10.3. The molecule has 2 aliphatic heterocycles. The Morgan fingerprint density at radius 3 is 2.15 bits per heavy atom. The smallest absolute Gasteiger partial charge is 0.260 e. The van der Waals surface area contributed by atoms with Gasteiger partial charge in [0.15, 0.2) is 6.61 Å². The summed E-state index contributed by atoms with van der Waals surface area (Å²) in [4.78, 5) is 45.0. The first kappa shape index (κ1) is 33.1. The predicted octanol–water partition coefficient (Wildman–Crippen LogP) is 7.57. The van der Waals surface area contributed by atoms with E-state index in [0.29, 0.717) is 54.1 Å². The van der Waals surface area contributed by atoms with Crippen LogP contribution in [0.4, 0.5) is 11.4 Å². The molecule has 4 aromatic rings. The van der Waals surface area contributed by atoms with Crippen molar-refractivity contribution in [2.45, 2.75) is 45.2 Å². The molecule has 0 radical (unpaired) electrons. The van der Waals surface area contributed by atoms with E-state index in [4.69, 9.17) is 21.1 Å². The summed E-state index contributed by atoms with van der Waals surface area (Å²) in [5.74, 6) is 1.55. The minimum absolute atomic E-state index is 0.00243. The summed E-state index contributed by atoms with van der Waals surface area (Å²) in [6, 6.07) is 31.3. The van der Waals surface area contributed by atoms with Gasteiger partial charge in [-0.1, -0.05) is 48.0 Å². The Morgan fingerprint density at radius 1 is 0.812 bits per heavy atom. The molecule has 0 aromatic heterocycles. The second-order valence-electron chi connectivity index (χ2n) is 12.5. The van der Waals surface area contributed by atoms with E-state index in [0.717, 1.165) is 29.8 Å². The number of hydrogen-bond acceptors (Lipinski definition) is 5. The van der Waals surface area contributed by atoms with Crippen LogP contribution in [0.2, 0.25) is 5.02 Å². The Morgan fingerprint density at radius 2 is 1.46 bits per heavy atom. The molecule has 1 fully saturated rings. The lowest BCUT2D eigenvalue weighted by Gasteiger charge is -2.43. The first-order valence-electron chi connectivity index (χ1n) is 16.4. The molecule has 6 rings (SSSR count). The van der Waals surface area contributed by atoms with E-state index in [2.05, 4.69) is 0 Å². The molecular weight excluding hydrogens is 626 g/mol. The van der Waals surface area contributed by atoms with Crippen LogP contribution in [0.5, 0.6) is 11.5 Å². The molecular formula is C39H40ClN3O5. The summed E-state index contributed by atoms with van der Waals surface area (Å²) in [5.41, 5.74) is 3.05. The highest BCUT2D eigenvalue weighted by molar-refractivity contribution is 6.30. The lowest BCUT2D eigenvalue weighted by atomic mass is 9.89. The van der Waals surface area contributed by atoms with Crippen molar-refractivity contribution in [2.75, 3.05) is 36.1 Å². The fraction of sp³-hybridized carbons (Fsp3) is 0.308. The van der Waals surface area contributed by atoms with E-state index in [-0.39, 0.29) is 36.4 Å². The van der Waals surface area contributed by atoms with E-state index in [1.807, 2.05) is 108 Å². The van der Waals surface area contributed by atoms with Gasteiger partial charge in [-0.25, -0.2) is 0 Å². The second-order valence-corrected chi connectivity index (χ2v) is 12.9. The van der Waals surface area contributed by atoms with Crippen molar-refractivity contribution in [1.82, 2.24) is 4.90 Å². The molecule has 0 spiro atoms. The van der Waals surface area contributed by atoms with Crippen LogP contribution < -0.4 is 19.3 Å². The summed E-state index contributed by atoms with van der Waals surface area (Å²) in [5, 5.41) is 0.604. The Hall–Kier alpha value is -4.82. The Labute approximate surface area is 286 Å². The van der Waals surface area contributed by atoms with Gasteiger partial charge in [0.05, 0.1) is 12.6 Å². The molecule has 2 atom stereocenters. The SMILES string of the molecule is CC(=O)N(c1ccc(Cl)cc1)[C@@H]1C[C@H](C)N(C(=O)c2ccc(OCC3CCN(C(=O)COc4ccccc4)CC3)cc2)c2ccccc21. The van der Waals surface area contributed by atoms with E-state index < -0.39 is 0 Å². The Bertz CT molecular complexity index is 1720. The van der Waals surface area contributed by atoms with Gasteiger partial charge in [0.25, 0.3) is 11.8 Å². The third kappa shape index (κ3) is 7.50. The van der Waals surface area contributed by atoms with Gasteiger partial charge in [0.2, 0.25) is 5.91 Å². The number of anilines is 2. The first-order valence-corrected chi connectivity index (χ1v) is 16.8. The molecule has 3 amide bonds. The number of hydrogen-bond donors (Lipinski definition) is 0. The summed E-state index contributed by atoms with van der Waals surface area (Å²) in [6.45, 7) is 5.54. The zero-order chi connectivity index (χ0) is 33.6. The molecule has 248 valence electrons. The molecule has 0 N–H and O–H groups in total. The maximum Gasteiger partial charge on any atom is 0.260 e. The average Bonchev–Trinajstić information content (AvgIpc) is 3.11. The Balaban J connectivity index is 1.06. The minimum Gasteiger partial charge on any atom is -0.493 e. The number of carbonyl (C=O) groups is 3. The van der Waals surface area contributed by atoms with Crippen LogP contribution in [0.3, 0.4) is 0 Å². The van der Waals surface area contributed by atoms with Crippen molar-refractivity contribution in [3.63, 3.8) is 0 Å². The van der Waals surface area contributed by atoms with E-state index in [1.54, 1.807) is 24.0 Å².